The summed E-state index contributed by atoms with van der Waals surface area (Å²) in [4.78, 5) is 20.2. The zero-order chi connectivity index (χ0) is 18.4. The number of nitrogens with zero attached hydrogens (tertiary/aromatic N) is 3. The number of rotatable bonds is 7. The van der Waals surface area contributed by atoms with E-state index in [-0.39, 0.29) is 5.89 Å². The molecular formula is C18H18N4O4. The highest BCUT2D eigenvalue weighted by Gasteiger charge is 2.15. The van der Waals surface area contributed by atoms with Gasteiger partial charge in [0.2, 0.25) is 5.82 Å². The fraction of sp³-hybridized carbons (Fsp3) is 0.222. The van der Waals surface area contributed by atoms with Crippen molar-refractivity contribution in [2.24, 2.45) is 0 Å². The van der Waals surface area contributed by atoms with Crippen molar-refractivity contribution in [1.29, 1.82) is 0 Å². The average Bonchev–Trinajstić information content (AvgIpc) is 3.19. The molecule has 8 heteroatoms. The van der Waals surface area contributed by atoms with Crippen LogP contribution in [0.5, 0.6) is 11.5 Å². The standard InChI is InChI=1S/C18H18N4O4/c1-24-14-4-3-12(11-15(14)25-2)5-10-20-17(23)18-21-16(22-26-18)13-6-8-19-9-7-13/h3-4,6-9,11H,5,10H2,1-2H3,(H,20,23). The van der Waals surface area contributed by atoms with Crippen LogP contribution in [0, 0.1) is 0 Å². The zero-order valence-electron chi connectivity index (χ0n) is 14.4. The van der Waals surface area contributed by atoms with E-state index in [0.29, 0.717) is 30.3 Å². The Morgan fingerprint density at radius 1 is 1.12 bits per heavy atom. The lowest BCUT2D eigenvalue weighted by Crippen LogP contribution is -2.26. The molecule has 0 saturated carbocycles. The number of carbonyl (C=O) groups excluding carboxylic acids is 1. The van der Waals surface area contributed by atoms with E-state index in [4.69, 9.17) is 14.0 Å². The van der Waals surface area contributed by atoms with E-state index in [9.17, 15) is 4.79 Å². The number of pyridine rings is 1. The summed E-state index contributed by atoms with van der Waals surface area (Å²) in [6.07, 6.45) is 3.86. The van der Waals surface area contributed by atoms with Gasteiger partial charge in [-0.2, -0.15) is 4.98 Å². The molecule has 0 aliphatic heterocycles. The number of nitrogens with one attached hydrogen (secondary N) is 1. The van der Waals surface area contributed by atoms with Gasteiger partial charge in [-0.25, -0.2) is 0 Å². The molecule has 0 atom stereocenters. The van der Waals surface area contributed by atoms with Crippen molar-refractivity contribution in [2.75, 3.05) is 20.8 Å². The second kappa shape index (κ2) is 8.11. The van der Waals surface area contributed by atoms with Gasteiger partial charge in [0.15, 0.2) is 11.5 Å². The average molecular weight is 354 g/mol. The van der Waals surface area contributed by atoms with E-state index in [2.05, 4.69) is 20.4 Å². The van der Waals surface area contributed by atoms with E-state index in [1.807, 2.05) is 18.2 Å². The summed E-state index contributed by atoms with van der Waals surface area (Å²) in [6.45, 7) is 0.418. The van der Waals surface area contributed by atoms with Crippen LogP contribution in [0.1, 0.15) is 16.2 Å². The largest absolute Gasteiger partial charge is 0.493 e. The minimum absolute atomic E-state index is 0.0795. The van der Waals surface area contributed by atoms with Crippen molar-refractivity contribution in [3.05, 3.63) is 54.2 Å². The molecule has 3 aromatic rings. The number of hydrogen-bond acceptors (Lipinski definition) is 7. The predicted molar refractivity (Wildman–Crippen MR) is 93.1 cm³/mol. The third kappa shape index (κ3) is 3.97. The minimum Gasteiger partial charge on any atom is -0.493 e. The molecule has 0 unspecified atom stereocenters. The molecule has 26 heavy (non-hydrogen) atoms. The Morgan fingerprint density at radius 3 is 2.62 bits per heavy atom. The van der Waals surface area contributed by atoms with Crippen molar-refractivity contribution in [2.45, 2.75) is 6.42 Å². The number of amides is 1. The number of carbonyl (C=O) groups is 1. The van der Waals surface area contributed by atoms with E-state index in [1.54, 1.807) is 38.7 Å². The van der Waals surface area contributed by atoms with Crippen LogP contribution in [0.2, 0.25) is 0 Å². The first kappa shape index (κ1) is 17.4. The molecule has 134 valence electrons. The first-order chi connectivity index (χ1) is 12.7. The fourth-order valence-corrected chi connectivity index (χ4v) is 2.37. The molecule has 1 aromatic carbocycles. The summed E-state index contributed by atoms with van der Waals surface area (Å²) in [5.74, 6) is 1.16. The van der Waals surface area contributed by atoms with Crippen molar-refractivity contribution in [3.63, 3.8) is 0 Å². The first-order valence-corrected chi connectivity index (χ1v) is 7.94. The minimum atomic E-state index is -0.418. The van der Waals surface area contributed by atoms with Gasteiger partial charge in [0.05, 0.1) is 14.2 Å². The third-order valence-corrected chi connectivity index (χ3v) is 3.71. The van der Waals surface area contributed by atoms with E-state index in [0.717, 1.165) is 11.1 Å². The lowest BCUT2D eigenvalue weighted by atomic mass is 10.1. The monoisotopic (exact) mass is 354 g/mol. The molecule has 1 N–H and O–H groups in total. The smallest absolute Gasteiger partial charge is 0.316 e. The molecular weight excluding hydrogens is 336 g/mol. The van der Waals surface area contributed by atoms with Gasteiger partial charge >= 0.3 is 11.8 Å². The maximum absolute atomic E-state index is 12.1. The van der Waals surface area contributed by atoms with E-state index in [1.165, 1.54) is 0 Å². The summed E-state index contributed by atoms with van der Waals surface area (Å²) in [5, 5.41) is 6.57. The molecule has 0 radical (unpaired) electrons. The van der Waals surface area contributed by atoms with Gasteiger partial charge in [0, 0.05) is 24.5 Å². The number of hydrogen-bond donors (Lipinski definition) is 1. The fourth-order valence-electron chi connectivity index (χ4n) is 2.37. The van der Waals surface area contributed by atoms with Gasteiger partial charge < -0.3 is 19.3 Å². The second-order valence-corrected chi connectivity index (χ2v) is 5.35. The SMILES string of the molecule is COc1ccc(CCNC(=O)c2nc(-c3ccncc3)no2)cc1OC. The van der Waals surface area contributed by atoms with Crippen molar-refractivity contribution in [1.82, 2.24) is 20.4 Å². The third-order valence-electron chi connectivity index (χ3n) is 3.71. The van der Waals surface area contributed by atoms with Crippen LogP contribution in [-0.4, -0.2) is 41.8 Å². The molecule has 0 aliphatic rings. The number of ether oxygens (including phenoxy) is 2. The number of methoxy groups -OCH3 is 2. The lowest BCUT2D eigenvalue weighted by Gasteiger charge is -2.09. The van der Waals surface area contributed by atoms with Gasteiger partial charge in [-0.1, -0.05) is 11.2 Å². The van der Waals surface area contributed by atoms with Crippen LogP contribution in [0.4, 0.5) is 0 Å². The Labute approximate surface area is 150 Å². The van der Waals surface area contributed by atoms with Crippen LogP contribution in [-0.2, 0) is 6.42 Å². The highest BCUT2D eigenvalue weighted by atomic mass is 16.5. The Hall–Kier alpha value is -3.42. The maximum Gasteiger partial charge on any atom is 0.316 e. The highest BCUT2D eigenvalue weighted by molar-refractivity contribution is 5.89. The Balaban J connectivity index is 1.57. The Bertz CT molecular complexity index is 880. The Kier molecular flexibility index (Phi) is 5.43. The van der Waals surface area contributed by atoms with Crippen LogP contribution < -0.4 is 14.8 Å². The topological polar surface area (TPSA) is 99.4 Å². The molecule has 8 nitrogen and oxygen atoms in total. The summed E-state index contributed by atoms with van der Waals surface area (Å²) in [6, 6.07) is 9.10. The van der Waals surface area contributed by atoms with Crippen molar-refractivity contribution < 1.29 is 18.8 Å². The molecule has 0 spiro atoms. The van der Waals surface area contributed by atoms with Gasteiger partial charge in [0.25, 0.3) is 0 Å². The quantitative estimate of drug-likeness (QED) is 0.694. The second-order valence-electron chi connectivity index (χ2n) is 5.35. The molecule has 2 aromatic heterocycles. The molecule has 2 heterocycles. The normalized spacial score (nSPS) is 10.4. The zero-order valence-corrected chi connectivity index (χ0v) is 14.4. The van der Waals surface area contributed by atoms with Crippen molar-refractivity contribution in [3.8, 4) is 22.9 Å². The maximum atomic E-state index is 12.1. The van der Waals surface area contributed by atoms with E-state index >= 15 is 0 Å². The Morgan fingerprint density at radius 2 is 1.88 bits per heavy atom. The van der Waals surface area contributed by atoms with E-state index < -0.39 is 5.91 Å². The first-order valence-electron chi connectivity index (χ1n) is 7.94. The molecule has 3 rings (SSSR count). The number of aromatic nitrogens is 3. The van der Waals surface area contributed by atoms with Gasteiger partial charge in [-0.3, -0.25) is 9.78 Å². The summed E-state index contributed by atoms with van der Waals surface area (Å²) >= 11 is 0. The molecule has 0 fully saturated rings. The van der Waals surface area contributed by atoms with Crippen LogP contribution in [0.25, 0.3) is 11.4 Å². The molecule has 0 bridgehead atoms. The van der Waals surface area contributed by atoms with Crippen molar-refractivity contribution >= 4 is 5.91 Å². The van der Waals surface area contributed by atoms with Crippen LogP contribution in [0.15, 0.2) is 47.2 Å². The van der Waals surface area contributed by atoms with Crippen LogP contribution >= 0.6 is 0 Å². The summed E-state index contributed by atoms with van der Waals surface area (Å²) < 4.78 is 15.5. The van der Waals surface area contributed by atoms with Gasteiger partial charge in [-0.15, -0.1) is 0 Å². The van der Waals surface area contributed by atoms with Gasteiger partial charge in [-0.05, 0) is 36.2 Å². The molecule has 1 amide bonds. The number of benzene rings is 1. The summed E-state index contributed by atoms with van der Waals surface area (Å²) in [5.41, 5.74) is 1.74. The lowest BCUT2D eigenvalue weighted by molar-refractivity contribution is 0.0910. The molecule has 0 aliphatic carbocycles. The van der Waals surface area contributed by atoms with Crippen LogP contribution in [0.3, 0.4) is 0 Å². The van der Waals surface area contributed by atoms with Gasteiger partial charge in [0.1, 0.15) is 0 Å². The highest BCUT2D eigenvalue weighted by Crippen LogP contribution is 2.27. The summed E-state index contributed by atoms with van der Waals surface area (Å²) in [7, 11) is 3.17. The molecule has 0 saturated heterocycles. The predicted octanol–water partition coefficient (Wildman–Crippen LogP) is 2.12.